The molecule has 0 aliphatic heterocycles. The molecule has 19 heavy (non-hydrogen) atoms. The fraction of sp³-hybridized carbons (Fsp3) is 0.214. The maximum Gasteiger partial charge on any atom is 0.165 e. The van der Waals surface area contributed by atoms with Crippen LogP contribution in [0.1, 0.15) is 5.56 Å². The lowest BCUT2D eigenvalue weighted by Gasteiger charge is -2.33. The molecule has 0 saturated heterocycles. The topological polar surface area (TPSA) is 66.8 Å². The Kier molecular flexibility index (Phi) is 3.78. The normalized spacial score (nSPS) is 26.9. The Hall–Kier alpha value is -1.59. The van der Waals surface area contributed by atoms with Crippen LogP contribution in [0.2, 0.25) is 0 Å². The van der Waals surface area contributed by atoms with Gasteiger partial charge in [-0.05, 0) is 17.2 Å². The first-order valence-electron chi connectivity index (χ1n) is 5.62. The van der Waals surface area contributed by atoms with Crippen LogP contribution in [0.5, 0.6) is 0 Å². The van der Waals surface area contributed by atoms with Crippen molar-refractivity contribution in [2.75, 3.05) is 7.11 Å². The third-order valence-electron chi connectivity index (χ3n) is 3.07. The Morgan fingerprint density at radius 3 is 2.53 bits per heavy atom. The van der Waals surface area contributed by atoms with Crippen molar-refractivity contribution in [3.63, 3.8) is 0 Å². The number of hydrogen-bond donors (Lipinski definition) is 2. The number of benzene rings is 1. The molecule has 5 heteroatoms. The fourth-order valence-corrected chi connectivity index (χ4v) is 2.57. The average Bonchev–Trinajstić information content (AvgIpc) is 2.46. The molecule has 2 rings (SSSR count). The fourth-order valence-electron chi connectivity index (χ4n) is 2.01. The van der Waals surface area contributed by atoms with Gasteiger partial charge in [0.25, 0.3) is 0 Å². The van der Waals surface area contributed by atoms with Gasteiger partial charge in [-0.2, -0.15) is 0 Å². The Morgan fingerprint density at radius 1 is 1.37 bits per heavy atom. The van der Waals surface area contributed by atoms with E-state index in [4.69, 9.17) is 4.74 Å². The second-order valence-corrected chi connectivity index (χ2v) is 5.48. The molecule has 2 unspecified atom stereocenters. The SMILES string of the molecule is COC1=C(O)C(O)C(Br)(C=O)C(c2ccccc2)=C1. The average molecular weight is 325 g/mol. The number of aliphatic hydroxyl groups excluding tert-OH is 2. The smallest absolute Gasteiger partial charge is 0.165 e. The molecule has 0 bridgehead atoms. The van der Waals surface area contributed by atoms with Gasteiger partial charge in [0.2, 0.25) is 0 Å². The zero-order valence-electron chi connectivity index (χ0n) is 10.2. The molecule has 0 saturated carbocycles. The van der Waals surface area contributed by atoms with E-state index < -0.39 is 10.4 Å². The summed E-state index contributed by atoms with van der Waals surface area (Å²) in [7, 11) is 1.39. The molecule has 1 aromatic rings. The van der Waals surface area contributed by atoms with E-state index in [-0.39, 0.29) is 11.5 Å². The summed E-state index contributed by atoms with van der Waals surface area (Å²) < 4.78 is 3.63. The summed E-state index contributed by atoms with van der Waals surface area (Å²) in [6.07, 6.45) is 0.708. The summed E-state index contributed by atoms with van der Waals surface area (Å²) >= 11 is 3.22. The number of halogens is 1. The van der Waals surface area contributed by atoms with Crippen LogP contribution in [-0.4, -0.2) is 34.0 Å². The van der Waals surface area contributed by atoms with Crippen molar-refractivity contribution in [3.8, 4) is 0 Å². The zero-order valence-corrected chi connectivity index (χ0v) is 11.8. The third kappa shape index (κ3) is 2.19. The predicted molar refractivity (Wildman–Crippen MR) is 74.8 cm³/mol. The highest BCUT2D eigenvalue weighted by Crippen LogP contribution is 2.43. The van der Waals surface area contributed by atoms with Gasteiger partial charge in [-0.1, -0.05) is 46.3 Å². The summed E-state index contributed by atoms with van der Waals surface area (Å²) in [6.45, 7) is 0. The predicted octanol–water partition coefficient (Wildman–Crippen LogP) is 2.19. The van der Waals surface area contributed by atoms with Crippen molar-refractivity contribution >= 4 is 27.8 Å². The molecule has 2 atom stereocenters. The summed E-state index contributed by atoms with van der Waals surface area (Å²) in [6, 6.07) is 9.13. The monoisotopic (exact) mass is 324 g/mol. The highest BCUT2D eigenvalue weighted by Gasteiger charge is 2.46. The van der Waals surface area contributed by atoms with Gasteiger partial charge >= 0.3 is 0 Å². The van der Waals surface area contributed by atoms with Crippen LogP contribution in [0, 0.1) is 0 Å². The molecule has 0 heterocycles. The van der Waals surface area contributed by atoms with Gasteiger partial charge in [-0.25, -0.2) is 0 Å². The molecule has 1 aliphatic rings. The van der Waals surface area contributed by atoms with Crippen LogP contribution in [-0.2, 0) is 9.53 Å². The summed E-state index contributed by atoms with van der Waals surface area (Å²) in [4.78, 5) is 11.4. The van der Waals surface area contributed by atoms with Gasteiger partial charge in [0.05, 0.1) is 7.11 Å². The number of aliphatic hydroxyl groups is 2. The lowest BCUT2D eigenvalue weighted by atomic mass is 9.84. The molecule has 0 fully saturated rings. The molecule has 0 aromatic heterocycles. The molecule has 0 spiro atoms. The first kappa shape index (κ1) is 13.8. The van der Waals surface area contributed by atoms with E-state index in [1.165, 1.54) is 7.11 Å². The molecule has 0 amide bonds. The van der Waals surface area contributed by atoms with E-state index in [9.17, 15) is 15.0 Å². The number of carbonyl (C=O) groups excluding carboxylic acids is 1. The van der Waals surface area contributed by atoms with Crippen molar-refractivity contribution in [1.29, 1.82) is 0 Å². The van der Waals surface area contributed by atoms with Crippen LogP contribution in [0.25, 0.3) is 5.57 Å². The number of allylic oxidation sites excluding steroid dienone is 1. The number of alkyl halides is 1. The minimum Gasteiger partial charge on any atom is -0.506 e. The highest BCUT2D eigenvalue weighted by molar-refractivity contribution is 9.10. The second kappa shape index (κ2) is 5.19. The van der Waals surface area contributed by atoms with Crippen LogP contribution in [0.3, 0.4) is 0 Å². The van der Waals surface area contributed by atoms with E-state index in [0.717, 1.165) is 5.56 Å². The highest BCUT2D eigenvalue weighted by atomic mass is 79.9. The lowest BCUT2D eigenvalue weighted by molar-refractivity contribution is -0.110. The van der Waals surface area contributed by atoms with Crippen LogP contribution >= 0.6 is 15.9 Å². The van der Waals surface area contributed by atoms with Crippen molar-refractivity contribution in [2.24, 2.45) is 0 Å². The van der Waals surface area contributed by atoms with Gasteiger partial charge in [0.1, 0.15) is 16.7 Å². The van der Waals surface area contributed by atoms with E-state index in [0.29, 0.717) is 11.9 Å². The van der Waals surface area contributed by atoms with Crippen LogP contribution in [0.4, 0.5) is 0 Å². The summed E-state index contributed by atoms with van der Waals surface area (Å²) in [5.74, 6) is -0.227. The number of hydrogen-bond acceptors (Lipinski definition) is 4. The third-order valence-corrected chi connectivity index (χ3v) is 4.12. The molecule has 100 valence electrons. The largest absolute Gasteiger partial charge is 0.506 e. The van der Waals surface area contributed by atoms with E-state index in [1.807, 2.05) is 30.3 Å². The van der Waals surface area contributed by atoms with Gasteiger partial charge in [-0.15, -0.1) is 0 Å². The summed E-state index contributed by atoms with van der Waals surface area (Å²) in [5, 5.41) is 20.0. The Balaban J connectivity index is 2.63. The van der Waals surface area contributed by atoms with Crippen molar-refractivity contribution in [3.05, 3.63) is 53.5 Å². The van der Waals surface area contributed by atoms with Gasteiger partial charge in [0.15, 0.2) is 11.5 Å². The minimum absolute atomic E-state index is 0.142. The summed E-state index contributed by atoms with van der Waals surface area (Å²) in [5.41, 5.74) is 1.29. The number of methoxy groups -OCH3 is 1. The number of aldehydes is 1. The zero-order chi connectivity index (χ0) is 14.0. The minimum atomic E-state index is -1.40. The number of ether oxygens (including phenoxy) is 1. The van der Waals surface area contributed by atoms with Crippen LogP contribution < -0.4 is 0 Å². The molecule has 1 aromatic carbocycles. The maximum absolute atomic E-state index is 11.4. The maximum atomic E-state index is 11.4. The Morgan fingerprint density at radius 2 is 2.00 bits per heavy atom. The van der Waals surface area contributed by atoms with Gasteiger partial charge in [0, 0.05) is 0 Å². The van der Waals surface area contributed by atoms with E-state index in [1.54, 1.807) is 6.08 Å². The standard InChI is InChI=1S/C14H13BrO4/c1-19-11-7-10(9-5-3-2-4-6-9)14(15,8-16)13(18)12(11)17/h2-8,13,17-18H,1H3. The quantitative estimate of drug-likeness (QED) is 0.660. The Labute approximate surface area is 119 Å². The molecule has 1 aliphatic carbocycles. The first-order chi connectivity index (χ1) is 9.04. The van der Waals surface area contributed by atoms with Gasteiger partial charge in [-0.3, -0.25) is 0 Å². The molecule has 4 nitrogen and oxygen atoms in total. The van der Waals surface area contributed by atoms with E-state index >= 15 is 0 Å². The van der Waals surface area contributed by atoms with Crippen molar-refractivity contribution < 1.29 is 19.7 Å². The first-order valence-corrected chi connectivity index (χ1v) is 6.42. The van der Waals surface area contributed by atoms with E-state index in [2.05, 4.69) is 15.9 Å². The van der Waals surface area contributed by atoms with Crippen molar-refractivity contribution in [1.82, 2.24) is 0 Å². The van der Waals surface area contributed by atoms with Crippen LogP contribution in [0.15, 0.2) is 47.9 Å². The number of carbonyl (C=O) groups is 1. The Bertz CT molecular complexity index is 550. The number of rotatable bonds is 3. The lowest BCUT2D eigenvalue weighted by Crippen LogP contribution is -2.43. The van der Waals surface area contributed by atoms with Gasteiger partial charge < -0.3 is 19.7 Å². The molecular weight excluding hydrogens is 312 g/mol. The second-order valence-electron chi connectivity index (χ2n) is 4.17. The van der Waals surface area contributed by atoms with Crippen molar-refractivity contribution in [2.45, 2.75) is 10.4 Å². The molecule has 0 radical (unpaired) electrons. The molecule has 2 N–H and O–H groups in total. The molecular formula is C14H13BrO4.